The Kier molecular flexibility index (Phi) is 13.3. The molecule has 2 N–H and O–H groups in total. The third-order valence-electron chi connectivity index (χ3n) is 6.58. The molecule has 2 rings (SSSR count). The van der Waals surface area contributed by atoms with E-state index >= 15 is 0 Å². The van der Waals surface area contributed by atoms with Gasteiger partial charge >= 0.3 is 6.09 Å². The van der Waals surface area contributed by atoms with E-state index in [1.165, 1.54) is 56.9 Å². The molecule has 1 heterocycles. The molecule has 8 heteroatoms. The highest BCUT2D eigenvalue weighted by atomic mass is 16.6. The third-order valence-corrected chi connectivity index (χ3v) is 6.58. The number of nitrogens with zero attached hydrogens (tertiary/aromatic N) is 2. The van der Waals surface area contributed by atoms with Crippen LogP contribution in [0.5, 0.6) is 0 Å². The van der Waals surface area contributed by atoms with Crippen molar-refractivity contribution in [2.45, 2.75) is 124 Å². The summed E-state index contributed by atoms with van der Waals surface area (Å²) in [4.78, 5) is 29.5. The summed E-state index contributed by atoms with van der Waals surface area (Å²) in [6.45, 7) is 11.5. The van der Waals surface area contributed by atoms with Gasteiger partial charge in [-0.1, -0.05) is 102 Å². The van der Waals surface area contributed by atoms with Gasteiger partial charge in [-0.25, -0.2) is 4.79 Å². The smallest absolute Gasteiger partial charge is 0.408 e. The van der Waals surface area contributed by atoms with Crippen molar-refractivity contribution in [2.24, 2.45) is 5.92 Å². The standard InChI is InChI=1S/C30H48N4O4/c1-7-9-10-11-12-13-14-15-16-23-17-19-24(20-18-23)27-32-25(38-34-27)21-31-28(35)26(22(3)8-2)33-29(36)37-30(4,5)6/h17-20,22,26H,7-16,21H2,1-6H3,(H,31,35)(H,33,36)/t22-,26-/m0/s1. The van der Waals surface area contributed by atoms with Crippen LogP contribution in [0.2, 0.25) is 0 Å². The average molecular weight is 529 g/mol. The monoisotopic (exact) mass is 528 g/mol. The van der Waals surface area contributed by atoms with Crippen LogP contribution in [0.4, 0.5) is 4.79 Å². The van der Waals surface area contributed by atoms with E-state index in [9.17, 15) is 9.59 Å². The molecular formula is C30H48N4O4. The second kappa shape index (κ2) is 16.1. The number of rotatable bonds is 16. The lowest BCUT2D eigenvalue weighted by molar-refractivity contribution is -0.124. The number of hydrogen-bond acceptors (Lipinski definition) is 6. The van der Waals surface area contributed by atoms with E-state index in [4.69, 9.17) is 9.26 Å². The summed E-state index contributed by atoms with van der Waals surface area (Å²) in [5.74, 6) is 0.384. The van der Waals surface area contributed by atoms with Crippen LogP contribution in [-0.2, 0) is 22.5 Å². The lowest BCUT2D eigenvalue weighted by Crippen LogP contribution is -2.51. The number of amides is 2. The van der Waals surface area contributed by atoms with Crippen LogP contribution in [0, 0.1) is 5.92 Å². The van der Waals surface area contributed by atoms with Gasteiger partial charge in [0.15, 0.2) is 0 Å². The molecule has 0 spiro atoms. The van der Waals surface area contributed by atoms with E-state index in [2.05, 4.69) is 39.8 Å². The second-order valence-electron chi connectivity index (χ2n) is 11.2. The van der Waals surface area contributed by atoms with Gasteiger partial charge in [-0.05, 0) is 45.1 Å². The van der Waals surface area contributed by atoms with E-state index in [1.807, 2.05) is 26.0 Å². The Labute approximate surface area is 228 Å². The van der Waals surface area contributed by atoms with E-state index in [1.54, 1.807) is 20.8 Å². The largest absolute Gasteiger partial charge is 0.444 e. The molecule has 0 aliphatic heterocycles. The molecule has 2 atom stereocenters. The summed E-state index contributed by atoms with van der Waals surface area (Å²) in [5, 5.41) is 9.56. The second-order valence-corrected chi connectivity index (χ2v) is 11.2. The predicted octanol–water partition coefficient (Wildman–Crippen LogP) is 6.98. The summed E-state index contributed by atoms with van der Waals surface area (Å²) >= 11 is 0. The zero-order valence-electron chi connectivity index (χ0n) is 24.3. The number of alkyl carbamates (subject to hydrolysis) is 1. The molecule has 0 fully saturated rings. The molecule has 0 saturated heterocycles. The SMILES string of the molecule is CCCCCCCCCCc1ccc(-c2noc(CNC(=O)[C@@H](NC(=O)OC(C)(C)C)[C@@H](C)CC)n2)cc1. The molecule has 1 aromatic carbocycles. The maximum Gasteiger partial charge on any atom is 0.408 e. The molecule has 0 aliphatic carbocycles. The first-order valence-electron chi connectivity index (χ1n) is 14.3. The van der Waals surface area contributed by atoms with Gasteiger partial charge in [-0.3, -0.25) is 4.79 Å². The van der Waals surface area contributed by atoms with E-state index in [-0.39, 0.29) is 18.4 Å². The van der Waals surface area contributed by atoms with Crippen LogP contribution < -0.4 is 10.6 Å². The normalized spacial score (nSPS) is 13.1. The van der Waals surface area contributed by atoms with Crippen LogP contribution in [0.3, 0.4) is 0 Å². The van der Waals surface area contributed by atoms with Crippen molar-refractivity contribution in [1.29, 1.82) is 0 Å². The number of hydrogen-bond donors (Lipinski definition) is 2. The molecule has 0 aliphatic rings. The van der Waals surface area contributed by atoms with Crippen LogP contribution in [0.15, 0.2) is 28.8 Å². The Balaban J connectivity index is 1.82. The van der Waals surface area contributed by atoms with Crippen molar-refractivity contribution < 1.29 is 18.8 Å². The highest BCUT2D eigenvalue weighted by molar-refractivity contribution is 5.85. The van der Waals surface area contributed by atoms with E-state index in [0.717, 1.165) is 12.0 Å². The van der Waals surface area contributed by atoms with Crippen LogP contribution >= 0.6 is 0 Å². The van der Waals surface area contributed by atoms with Crippen LogP contribution in [-0.4, -0.2) is 33.8 Å². The molecule has 212 valence electrons. The Morgan fingerprint density at radius 1 is 0.974 bits per heavy atom. The fraction of sp³-hybridized carbons (Fsp3) is 0.667. The van der Waals surface area contributed by atoms with E-state index in [0.29, 0.717) is 18.1 Å². The third kappa shape index (κ3) is 11.7. The van der Waals surface area contributed by atoms with Gasteiger partial charge < -0.3 is 19.9 Å². The molecule has 0 unspecified atom stereocenters. The number of carbonyl (C=O) groups is 2. The van der Waals surface area contributed by atoms with E-state index < -0.39 is 17.7 Å². The number of benzene rings is 1. The minimum absolute atomic E-state index is 0.0747. The number of aryl methyl sites for hydroxylation is 1. The van der Waals surface area contributed by atoms with Gasteiger partial charge in [0, 0.05) is 5.56 Å². The number of unbranched alkanes of at least 4 members (excludes halogenated alkanes) is 7. The minimum Gasteiger partial charge on any atom is -0.444 e. The lowest BCUT2D eigenvalue weighted by atomic mass is 9.98. The lowest BCUT2D eigenvalue weighted by Gasteiger charge is -2.26. The fourth-order valence-corrected chi connectivity index (χ4v) is 4.14. The molecular weight excluding hydrogens is 480 g/mol. The van der Waals surface area contributed by atoms with Gasteiger partial charge in [0.1, 0.15) is 11.6 Å². The minimum atomic E-state index is -0.731. The van der Waals surface area contributed by atoms with Crippen molar-refractivity contribution in [1.82, 2.24) is 20.8 Å². The zero-order chi connectivity index (χ0) is 28.0. The molecule has 0 saturated carbocycles. The molecule has 1 aromatic heterocycles. The Morgan fingerprint density at radius 2 is 1.61 bits per heavy atom. The van der Waals surface area contributed by atoms with Gasteiger partial charge in [-0.2, -0.15) is 4.98 Å². The van der Waals surface area contributed by atoms with Crippen molar-refractivity contribution in [3.63, 3.8) is 0 Å². The number of aromatic nitrogens is 2. The zero-order valence-corrected chi connectivity index (χ0v) is 24.3. The molecule has 0 radical (unpaired) electrons. The predicted molar refractivity (Wildman–Crippen MR) is 151 cm³/mol. The highest BCUT2D eigenvalue weighted by Gasteiger charge is 2.28. The summed E-state index contributed by atoms with van der Waals surface area (Å²) in [5.41, 5.74) is 1.53. The number of ether oxygens (including phenoxy) is 1. The highest BCUT2D eigenvalue weighted by Crippen LogP contribution is 2.19. The molecule has 8 nitrogen and oxygen atoms in total. The van der Waals surface area contributed by atoms with Gasteiger partial charge in [0.2, 0.25) is 17.6 Å². The van der Waals surface area contributed by atoms with Crippen LogP contribution in [0.1, 0.15) is 111 Å². The summed E-state index contributed by atoms with van der Waals surface area (Å²) in [7, 11) is 0. The average Bonchev–Trinajstić information content (AvgIpc) is 3.35. The number of carbonyl (C=O) groups excluding carboxylic acids is 2. The van der Waals surface area contributed by atoms with Crippen molar-refractivity contribution >= 4 is 12.0 Å². The quantitative estimate of drug-likeness (QED) is 0.228. The maximum absolute atomic E-state index is 12.8. The Morgan fingerprint density at radius 3 is 2.21 bits per heavy atom. The maximum atomic E-state index is 12.8. The van der Waals surface area contributed by atoms with Crippen molar-refractivity contribution in [3.8, 4) is 11.4 Å². The Bertz CT molecular complexity index is 965. The summed E-state index contributed by atoms with van der Waals surface area (Å²) < 4.78 is 10.7. The van der Waals surface area contributed by atoms with Gasteiger partial charge in [-0.15, -0.1) is 0 Å². The molecule has 38 heavy (non-hydrogen) atoms. The number of nitrogens with one attached hydrogen (secondary N) is 2. The first-order valence-corrected chi connectivity index (χ1v) is 14.3. The van der Waals surface area contributed by atoms with Gasteiger partial charge in [0.25, 0.3) is 0 Å². The molecule has 2 amide bonds. The topological polar surface area (TPSA) is 106 Å². The molecule has 0 bridgehead atoms. The van der Waals surface area contributed by atoms with Crippen molar-refractivity contribution in [2.75, 3.05) is 0 Å². The first kappa shape index (κ1) is 31.3. The molecule has 2 aromatic rings. The van der Waals surface area contributed by atoms with Gasteiger partial charge in [0.05, 0.1) is 6.54 Å². The fourth-order valence-electron chi connectivity index (χ4n) is 4.14. The summed E-state index contributed by atoms with van der Waals surface area (Å²) in [6, 6.07) is 7.53. The van der Waals surface area contributed by atoms with Crippen molar-refractivity contribution in [3.05, 3.63) is 35.7 Å². The summed E-state index contributed by atoms with van der Waals surface area (Å²) in [6.07, 6.45) is 11.7. The first-order chi connectivity index (χ1) is 18.1. The van der Waals surface area contributed by atoms with Crippen LogP contribution in [0.25, 0.3) is 11.4 Å². The Hall–Kier alpha value is -2.90.